The van der Waals surface area contributed by atoms with E-state index in [1.165, 1.54) is 13.2 Å². The highest BCUT2D eigenvalue weighted by molar-refractivity contribution is 14.1. The van der Waals surface area contributed by atoms with Crippen LogP contribution in [0.4, 0.5) is 0 Å². The Bertz CT molecular complexity index is 438. The third-order valence-corrected chi connectivity index (χ3v) is 4.24. The van der Waals surface area contributed by atoms with Crippen molar-refractivity contribution in [3.63, 3.8) is 0 Å². The van der Waals surface area contributed by atoms with Gasteiger partial charge in [0.2, 0.25) is 0 Å². The Hall–Kier alpha value is -0.0500. The van der Waals surface area contributed by atoms with E-state index in [0.29, 0.717) is 14.2 Å². The van der Waals surface area contributed by atoms with Crippen molar-refractivity contribution in [2.24, 2.45) is 0 Å². The van der Waals surface area contributed by atoms with Crippen molar-refractivity contribution < 1.29 is 14.3 Å². The minimum absolute atomic E-state index is 0.176. The molecule has 0 fully saturated rings. The second-order valence-corrected chi connectivity index (χ2v) is 6.73. The Labute approximate surface area is 126 Å². The van der Waals surface area contributed by atoms with Crippen LogP contribution in [0.3, 0.4) is 0 Å². The second-order valence-electron chi connectivity index (χ2n) is 2.94. The summed E-state index contributed by atoms with van der Waals surface area (Å²) in [6, 6.07) is 1.49. The summed E-state index contributed by atoms with van der Waals surface area (Å²) in [7, 11) is 1.30. The van der Waals surface area contributed by atoms with Crippen molar-refractivity contribution in [1.82, 2.24) is 5.32 Å². The summed E-state index contributed by atoms with van der Waals surface area (Å²) in [4.78, 5) is 22.8. The molecule has 0 saturated heterocycles. The van der Waals surface area contributed by atoms with Gasteiger partial charge in [-0.1, -0.05) is 45.8 Å². The molecular weight excluding hydrogens is 400 g/mol. The van der Waals surface area contributed by atoms with E-state index in [1.807, 2.05) is 22.6 Å². The second kappa shape index (κ2) is 6.77. The number of esters is 1. The maximum Gasteiger partial charge on any atom is 0.320 e. The fourth-order valence-electron chi connectivity index (χ4n) is 0.984. The van der Waals surface area contributed by atoms with Gasteiger partial charge in [-0.2, -0.15) is 0 Å². The van der Waals surface area contributed by atoms with E-state index >= 15 is 0 Å². The van der Waals surface area contributed by atoms with Gasteiger partial charge in [0, 0.05) is 6.54 Å². The van der Waals surface area contributed by atoms with E-state index in [9.17, 15) is 9.59 Å². The van der Waals surface area contributed by atoms with Crippen LogP contribution in [-0.2, 0) is 9.53 Å². The quantitative estimate of drug-likeness (QED) is 0.474. The zero-order valence-electron chi connectivity index (χ0n) is 8.63. The predicted octanol–water partition coefficient (Wildman–Crippen LogP) is 2.76. The van der Waals surface area contributed by atoms with Gasteiger partial charge >= 0.3 is 5.97 Å². The fraction of sp³-hybridized carbons (Fsp3) is 0.333. The van der Waals surface area contributed by atoms with E-state index in [1.54, 1.807) is 0 Å². The summed E-state index contributed by atoms with van der Waals surface area (Å²) in [6.07, 6.45) is 0. The topological polar surface area (TPSA) is 55.4 Å². The van der Waals surface area contributed by atoms with Gasteiger partial charge in [0.05, 0.1) is 17.0 Å². The van der Waals surface area contributed by atoms with Crippen molar-refractivity contribution in [3.8, 4) is 0 Å². The van der Waals surface area contributed by atoms with Crippen LogP contribution in [-0.4, -0.2) is 29.5 Å². The highest BCUT2D eigenvalue weighted by atomic mass is 127. The molecule has 0 bridgehead atoms. The number of amides is 1. The van der Waals surface area contributed by atoms with Crippen LogP contribution in [0, 0.1) is 0 Å². The Morgan fingerprint density at radius 2 is 2.24 bits per heavy atom. The summed E-state index contributed by atoms with van der Waals surface area (Å²) in [5.74, 6) is -0.746. The van der Waals surface area contributed by atoms with Crippen LogP contribution < -0.4 is 5.32 Å². The Morgan fingerprint density at radius 1 is 1.59 bits per heavy atom. The lowest BCUT2D eigenvalue weighted by Crippen LogP contribution is -2.33. The van der Waals surface area contributed by atoms with Crippen molar-refractivity contribution in [2.45, 2.75) is 3.92 Å². The Balaban J connectivity index is 2.56. The average Bonchev–Trinajstić information content (AvgIpc) is 2.63. The number of alkyl halides is 1. The smallest absolute Gasteiger partial charge is 0.320 e. The molecule has 0 aliphatic rings. The SMILES string of the molecule is COC(=O)C(I)CNC(=O)c1cc(Cl)sc1Cl. The molecule has 1 aromatic rings. The number of ether oxygens (including phenoxy) is 1. The first-order chi connectivity index (χ1) is 7.95. The zero-order chi connectivity index (χ0) is 13.0. The van der Waals surface area contributed by atoms with Crippen LogP contribution >= 0.6 is 57.1 Å². The van der Waals surface area contributed by atoms with Crippen LogP contribution in [0.2, 0.25) is 8.67 Å². The first-order valence-corrected chi connectivity index (χ1v) is 7.22. The number of carbonyl (C=O) groups is 2. The van der Waals surface area contributed by atoms with Crippen molar-refractivity contribution in [1.29, 1.82) is 0 Å². The van der Waals surface area contributed by atoms with Crippen LogP contribution in [0.15, 0.2) is 6.07 Å². The molecule has 94 valence electrons. The third kappa shape index (κ3) is 4.27. The maximum atomic E-state index is 11.7. The van der Waals surface area contributed by atoms with E-state index < -0.39 is 3.92 Å². The molecule has 1 heterocycles. The standard InChI is InChI=1S/C9H8Cl2INO3S/c1-16-9(15)5(12)3-13-8(14)4-2-6(10)17-7(4)11/h2,5H,3H2,1H3,(H,13,14). The van der Waals surface area contributed by atoms with Crippen LogP contribution in [0.5, 0.6) is 0 Å². The highest BCUT2D eigenvalue weighted by Crippen LogP contribution is 2.30. The summed E-state index contributed by atoms with van der Waals surface area (Å²) in [5, 5.41) is 2.58. The molecule has 0 aliphatic heterocycles. The maximum absolute atomic E-state index is 11.7. The molecule has 1 atom stereocenters. The number of thiophene rings is 1. The lowest BCUT2D eigenvalue weighted by atomic mass is 10.3. The molecule has 17 heavy (non-hydrogen) atoms. The molecule has 1 rings (SSSR count). The van der Waals surface area contributed by atoms with Crippen LogP contribution in [0.1, 0.15) is 10.4 Å². The third-order valence-electron chi connectivity index (χ3n) is 1.80. The zero-order valence-corrected chi connectivity index (χ0v) is 13.1. The van der Waals surface area contributed by atoms with E-state index in [2.05, 4.69) is 10.1 Å². The molecule has 0 aliphatic carbocycles. The van der Waals surface area contributed by atoms with Gasteiger partial charge in [-0.15, -0.1) is 11.3 Å². The first kappa shape index (κ1) is 15.0. The van der Waals surface area contributed by atoms with Crippen LogP contribution in [0.25, 0.3) is 0 Å². The van der Waals surface area contributed by atoms with Crippen molar-refractivity contribution >= 4 is 69.0 Å². The van der Waals surface area contributed by atoms with E-state index in [-0.39, 0.29) is 18.4 Å². The first-order valence-electron chi connectivity index (χ1n) is 4.40. The largest absolute Gasteiger partial charge is 0.468 e. The number of hydrogen-bond donors (Lipinski definition) is 1. The molecule has 8 heteroatoms. The molecule has 4 nitrogen and oxygen atoms in total. The normalized spacial score (nSPS) is 12.0. The highest BCUT2D eigenvalue weighted by Gasteiger charge is 2.18. The fourth-order valence-corrected chi connectivity index (χ4v) is 2.92. The van der Waals surface area contributed by atoms with Gasteiger partial charge < -0.3 is 10.1 Å². The summed E-state index contributed by atoms with van der Waals surface area (Å²) < 4.78 is 4.87. The molecule has 0 aromatic carbocycles. The summed E-state index contributed by atoms with van der Waals surface area (Å²) in [5.41, 5.74) is 0.315. The lowest BCUT2D eigenvalue weighted by Gasteiger charge is -2.08. The van der Waals surface area contributed by atoms with E-state index in [0.717, 1.165) is 11.3 Å². The number of halogens is 3. The van der Waals surface area contributed by atoms with Gasteiger partial charge in [0.1, 0.15) is 8.26 Å². The molecule has 0 saturated carbocycles. The number of methoxy groups -OCH3 is 1. The number of rotatable bonds is 4. The summed E-state index contributed by atoms with van der Waals surface area (Å²) >= 11 is 14.6. The molecule has 0 radical (unpaired) electrons. The van der Waals surface area contributed by atoms with Gasteiger partial charge in [0.25, 0.3) is 5.91 Å². The van der Waals surface area contributed by atoms with Crippen molar-refractivity contribution in [2.75, 3.05) is 13.7 Å². The monoisotopic (exact) mass is 407 g/mol. The Morgan fingerprint density at radius 3 is 2.71 bits per heavy atom. The Kier molecular flexibility index (Phi) is 5.98. The molecule has 1 amide bonds. The van der Waals surface area contributed by atoms with E-state index in [4.69, 9.17) is 23.2 Å². The van der Waals surface area contributed by atoms with Gasteiger partial charge in [-0.25, -0.2) is 0 Å². The molecule has 1 aromatic heterocycles. The minimum Gasteiger partial charge on any atom is -0.468 e. The van der Waals surface area contributed by atoms with Crippen molar-refractivity contribution in [3.05, 3.63) is 20.3 Å². The number of carbonyl (C=O) groups excluding carboxylic acids is 2. The molecular formula is C9H8Cl2INO3S. The summed E-state index contributed by atoms with van der Waals surface area (Å²) in [6.45, 7) is 0.176. The predicted molar refractivity (Wildman–Crippen MR) is 76.5 cm³/mol. The van der Waals surface area contributed by atoms with Gasteiger partial charge in [-0.05, 0) is 6.07 Å². The molecule has 0 spiro atoms. The molecule has 1 unspecified atom stereocenters. The number of hydrogen-bond acceptors (Lipinski definition) is 4. The lowest BCUT2D eigenvalue weighted by molar-refractivity contribution is -0.139. The van der Waals surface area contributed by atoms with Gasteiger partial charge in [0.15, 0.2) is 0 Å². The minimum atomic E-state index is -0.436. The van der Waals surface area contributed by atoms with Gasteiger partial charge in [-0.3, -0.25) is 9.59 Å². The molecule has 1 N–H and O–H groups in total. The average molecular weight is 408 g/mol. The number of nitrogens with one attached hydrogen (secondary N) is 1.